The highest BCUT2D eigenvalue weighted by Crippen LogP contribution is 2.27. The highest BCUT2D eigenvalue weighted by atomic mass is 16.1. The zero-order valence-corrected chi connectivity index (χ0v) is 10.3. The van der Waals surface area contributed by atoms with Crippen LogP contribution in [0.2, 0.25) is 0 Å². The van der Waals surface area contributed by atoms with E-state index in [1.54, 1.807) is 6.92 Å². The van der Waals surface area contributed by atoms with Gasteiger partial charge in [-0.05, 0) is 36.0 Å². The number of benzene rings is 1. The van der Waals surface area contributed by atoms with Gasteiger partial charge >= 0.3 is 0 Å². The van der Waals surface area contributed by atoms with Crippen molar-refractivity contribution >= 4 is 5.78 Å². The molecule has 0 spiro atoms. The molecule has 0 bridgehead atoms. The topological polar surface area (TPSA) is 17.1 Å². The lowest BCUT2D eigenvalue weighted by molar-refractivity contribution is 0.101. The van der Waals surface area contributed by atoms with Crippen molar-refractivity contribution in [1.82, 2.24) is 0 Å². The third kappa shape index (κ3) is 2.68. The Morgan fingerprint density at radius 1 is 1.00 bits per heavy atom. The summed E-state index contributed by atoms with van der Waals surface area (Å²) in [5.74, 6) is 1.14. The monoisotopic (exact) mass is 204 g/mol. The van der Waals surface area contributed by atoms with Gasteiger partial charge in [0.15, 0.2) is 5.78 Å². The molecule has 0 unspecified atom stereocenters. The highest BCUT2D eigenvalue weighted by Gasteiger charge is 2.11. The molecule has 1 aromatic rings. The SMILES string of the molecule is CC(=O)c1ccc(C(C)C)c(C(C)C)c1. The molecule has 0 saturated carbocycles. The Hall–Kier alpha value is -1.11. The predicted molar refractivity (Wildman–Crippen MR) is 64.6 cm³/mol. The first kappa shape index (κ1) is 12.0. The summed E-state index contributed by atoms with van der Waals surface area (Å²) in [5, 5.41) is 0. The van der Waals surface area contributed by atoms with Crippen molar-refractivity contribution in [2.24, 2.45) is 0 Å². The molecule has 1 rings (SSSR count). The average Bonchev–Trinajstić information content (AvgIpc) is 2.16. The van der Waals surface area contributed by atoms with Crippen LogP contribution in [0, 0.1) is 0 Å². The molecule has 0 aliphatic heterocycles. The van der Waals surface area contributed by atoms with Crippen molar-refractivity contribution in [2.75, 3.05) is 0 Å². The van der Waals surface area contributed by atoms with Gasteiger partial charge in [0.2, 0.25) is 0 Å². The van der Waals surface area contributed by atoms with Crippen LogP contribution < -0.4 is 0 Å². The number of ketones is 1. The van der Waals surface area contributed by atoms with Crippen LogP contribution >= 0.6 is 0 Å². The van der Waals surface area contributed by atoms with E-state index in [1.807, 2.05) is 12.1 Å². The summed E-state index contributed by atoms with van der Waals surface area (Å²) < 4.78 is 0. The Kier molecular flexibility index (Phi) is 3.67. The zero-order valence-electron chi connectivity index (χ0n) is 10.3. The third-order valence-electron chi connectivity index (χ3n) is 2.74. The fraction of sp³-hybridized carbons (Fsp3) is 0.500. The van der Waals surface area contributed by atoms with Gasteiger partial charge in [0.1, 0.15) is 0 Å². The Morgan fingerprint density at radius 3 is 1.93 bits per heavy atom. The van der Waals surface area contributed by atoms with Gasteiger partial charge in [-0.3, -0.25) is 4.79 Å². The second-order valence-electron chi connectivity index (χ2n) is 4.71. The quantitative estimate of drug-likeness (QED) is 0.676. The van der Waals surface area contributed by atoms with Crippen LogP contribution in [0.15, 0.2) is 18.2 Å². The van der Waals surface area contributed by atoms with Gasteiger partial charge in [-0.1, -0.05) is 39.8 Å². The van der Waals surface area contributed by atoms with E-state index in [-0.39, 0.29) is 5.78 Å². The Bertz CT molecular complexity index is 362. The van der Waals surface area contributed by atoms with Gasteiger partial charge in [-0.15, -0.1) is 0 Å². The smallest absolute Gasteiger partial charge is 0.159 e. The molecule has 0 heterocycles. The molecule has 0 aromatic heterocycles. The summed E-state index contributed by atoms with van der Waals surface area (Å²) in [5.41, 5.74) is 3.48. The van der Waals surface area contributed by atoms with E-state index in [9.17, 15) is 4.79 Å². The van der Waals surface area contributed by atoms with Gasteiger partial charge in [-0.25, -0.2) is 0 Å². The third-order valence-corrected chi connectivity index (χ3v) is 2.74. The van der Waals surface area contributed by atoms with E-state index in [0.717, 1.165) is 5.56 Å². The molecule has 0 fully saturated rings. The van der Waals surface area contributed by atoms with Crippen molar-refractivity contribution in [3.63, 3.8) is 0 Å². The molecule has 1 nitrogen and oxygen atoms in total. The molecule has 1 heteroatoms. The summed E-state index contributed by atoms with van der Waals surface area (Å²) in [6.07, 6.45) is 0. The fourth-order valence-corrected chi connectivity index (χ4v) is 1.82. The normalized spacial score (nSPS) is 11.1. The van der Waals surface area contributed by atoms with Crippen molar-refractivity contribution < 1.29 is 4.79 Å². The molecular weight excluding hydrogens is 184 g/mol. The minimum Gasteiger partial charge on any atom is -0.295 e. The van der Waals surface area contributed by atoms with Gasteiger partial charge in [0.05, 0.1) is 0 Å². The molecule has 0 amide bonds. The van der Waals surface area contributed by atoms with Crippen LogP contribution in [-0.4, -0.2) is 5.78 Å². The number of hydrogen-bond acceptors (Lipinski definition) is 1. The van der Waals surface area contributed by atoms with Gasteiger partial charge in [0.25, 0.3) is 0 Å². The van der Waals surface area contributed by atoms with Crippen LogP contribution in [0.3, 0.4) is 0 Å². The van der Waals surface area contributed by atoms with Crippen LogP contribution in [0.4, 0.5) is 0 Å². The molecule has 0 aliphatic rings. The van der Waals surface area contributed by atoms with E-state index in [4.69, 9.17) is 0 Å². The Morgan fingerprint density at radius 2 is 1.53 bits per heavy atom. The first-order valence-electron chi connectivity index (χ1n) is 5.58. The highest BCUT2D eigenvalue weighted by molar-refractivity contribution is 5.94. The molecule has 0 atom stereocenters. The van der Waals surface area contributed by atoms with E-state index < -0.39 is 0 Å². The lowest BCUT2D eigenvalue weighted by Gasteiger charge is -2.16. The second-order valence-corrected chi connectivity index (χ2v) is 4.71. The summed E-state index contributed by atoms with van der Waals surface area (Å²) in [4.78, 5) is 11.3. The zero-order chi connectivity index (χ0) is 11.6. The maximum atomic E-state index is 11.3. The lowest BCUT2D eigenvalue weighted by atomic mass is 9.89. The maximum absolute atomic E-state index is 11.3. The maximum Gasteiger partial charge on any atom is 0.159 e. The van der Waals surface area contributed by atoms with Crippen LogP contribution in [-0.2, 0) is 0 Å². The molecule has 15 heavy (non-hydrogen) atoms. The average molecular weight is 204 g/mol. The molecule has 0 radical (unpaired) electrons. The van der Waals surface area contributed by atoms with E-state index >= 15 is 0 Å². The lowest BCUT2D eigenvalue weighted by Crippen LogP contribution is -2.02. The van der Waals surface area contributed by atoms with Crippen LogP contribution in [0.25, 0.3) is 0 Å². The van der Waals surface area contributed by atoms with E-state index in [2.05, 4.69) is 33.8 Å². The van der Waals surface area contributed by atoms with Crippen LogP contribution in [0.5, 0.6) is 0 Å². The first-order chi connectivity index (χ1) is 6.93. The minimum absolute atomic E-state index is 0.146. The summed E-state index contributed by atoms with van der Waals surface area (Å²) in [6, 6.07) is 6.07. The van der Waals surface area contributed by atoms with Crippen molar-refractivity contribution in [3.05, 3.63) is 34.9 Å². The summed E-state index contributed by atoms with van der Waals surface area (Å²) in [7, 11) is 0. The standard InChI is InChI=1S/C14H20O/c1-9(2)13-7-6-12(11(5)15)8-14(13)10(3)4/h6-10H,1-5H3. The number of Topliss-reactive ketones (excluding diaryl/α,β-unsaturated/α-hetero) is 1. The van der Waals surface area contributed by atoms with Crippen LogP contribution in [0.1, 0.15) is 67.9 Å². The number of carbonyl (C=O) groups is 1. The number of carbonyl (C=O) groups excluding carboxylic acids is 1. The molecule has 1 aromatic carbocycles. The minimum atomic E-state index is 0.146. The van der Waals surface area contributed by atoms with E-state index in [1.165, 1.54) is 11.1 Å². The Labute approximate surface area is 92.5 Å². The molecular formula is C14H20O. The predicted octanol–water partition coefficient (Wildman–Crippen LogP) is 4.14. The number of rotatable bonds is 3. The second kappa shape index (κ2) is 4.61. The van der Waals surface area contributed by atoms with Crippen molar-refractivity contribution in [3.8, 4) is 0 Å². The molecule has 0 N–H and O–H groups in total. The summed E-state index contributed by atoms with van der Waals surface area (Å²) in [6.45, 7) is 10.3. The Balaban J connectivity index is 3.27. The van der Waals surface area contributed by atoms with Gasteiger partial charge in [-0.2, -0.15) is 0 Å². The molecule has 0 aliphatic carbocycles. The van der Waals surface area contributed by atoms with Crippen molar-refractivity contribution in [2.45, 2.75) is 46.5 Å². The fourth-order valence-electron chi connectivity index (χ4n) is 1.82. The molecule has 82 valence electrons. The van der Waals surface area contributed by atoms with Crippen molar-refractivity contribution in [1.29, 1.82) is 0 Å². The van der Waals surface area contributed by atoms with Gasteiger partial charge < -0.3 is 0 Å². The summed E-state index contributed by atoms with van der Waals surface area (Å²) >= 11 is 0. The first-order valence-corrected chi connectivity index (χ1v) is 5.58. The largest absolute Gasteiger partial charge is 0.295 e. The van der Waals surface area contributed by atoms with Gasteiger partial charge in [0, 0.05) is 5.56 Å². The van der Waals surface area contributed by atoms with E-state index in [0.29, 0.717) is 11.8 Å². The number of hydrogen-bond donors (Lipinski definition) is 0. The molecule has 0 saturated heterocycles.